The summed E-state index contributed by atoms with van der Waals surface area (Å²) in [6, 6.07) is 7.59. The van der Waals surface area contributed by atoms with Crippen LogP contribution in [0.2, 0.25) is 0 Å². The van der Waals surface area contributed by atoms with Gasteiger partial charge >= 0.3 is 0 Å². The van der Waals surface area contributed by atoms with Crippen molar-refractivity contribution < 1.29 is 14.1 Å². The van der Waals surface area contributed by atoms with Gasteiger partial charge in [-0.3, -0.25) is 9.59 Å². The molecule has 2 aromatic rings. The Balaban J connectivity index is 1.90. The number of carbonyl (C=O) groups excluding carboxylic acids is 2. The number of Topliss-reactive ketones (excluding diaryl/α,β-unsaturated/α-hetero) is 1. The quantitative estimate of drug-likeness (QED) is 0.768. The van der Waals surface area contributed by atoms with Crippen LogP contribution in [0, 0.1) is 20.8 Å². The lowest BCUT2D eigenvalue weighted by Gasteiger charge is -2.15. The maximum Gasteiger partial charge on any atom is 0.223 e. The molecule has 0 bridgehead atoms. The number of carbonyl (C=O) groups is 2. The van der Waals surface area contributed by atoms with Crippen LogP contribution in [0.4, 0.5) is 0 Å². The van der Waals surface area contributed by atoms with Crippen LogP contribution in [0.5, 0.6) is 0 Å². The average Bonchev–Trinajstić information content (AvgIpc) is 2.91. The minimum absolute atomic E-state index is 0.00484. The Hall–Kier alpha value is -2.43. The molecule has 0 aliphatic rings. The molecule has 0 aliphatic carbocycles. The monoisotopic (exact) mass is 314 g/mol. The standard InChI is InChI=1S/C18H22N2O3/c1-12-5-6-13(2)16(9-12)17(21)7-8-18(22)20(4)11-15-10-14(3)23-19-15/h5-6,9-10H,7-8,11H2,1-4H3. The Bertz CT molecular complexity index is 719. The van der Waals surface area contributed by atoms with Gasteiger partial charge in [-0.1, -0.05) is 22.9 Å². The molecule has 1 aromatic carbocycles. The highest BCUT2D eigenvalue weighted by molar-refractivity contribution is 5.99. The molecule has 0 fully saturated rings. The molecule has 0 spiro atoms. The lowest BCUT2D eigenvalue weighted by atomic mass is 9.99. The van der Waals surface area contributed by atoms with Crippen molar-refractivity contribution in [2.75, 3.05) is 7.05 Å². The largest absolute Gasteiger partial charge is 0.361 e. The highest BCUT2D eigenvalue weighted by atomic mass is 16.5. The van der Waals surface area contributed by atoms with E-state index in [2.05, 4.69) is 5.16 Å². The number of nitrogens with zero attached hydrogens (tertiary/aromatic N) is 2. The number of aromatic nitrogens is 1. The van der Waals surface area contributed by atoms with Gasteiger partial charge in [-0.15, -0.1) is 0 Å². The number of hydrogen-bond acceptors (Lipinski definition) is 4. The highest BCUT2D eigenvalue weighted by Gasteiger charge is 2.15. The zero-order valence-electron chi connectivity index (χ0n) is 14.0. The van der Waals surface area contributed by atoms with Crippen LogP contribution < -0.4 is 0 Å². The summed E-state index contributed by atoms with van der Waals surface area (Å²) in [7, 11) is 1.70. The number of hydrogen-bond donors (Lipinski definition) is 0. The van der Waals surface area contributed by atoms with Gasteiger partial charge in [0.15, 0.2) is 5.78 Å². The Kier molecular flexibility index (Phi) is 5.32. The molecule has 23 heavy (non-hydrogen) atoms. The lowest BCUT2D eigenvalue weighted by Crippen LogP contribution is -2.26. The second-order valence-electron chi connectivity index (χ2n) is 5.92. The van der Waals surface area contributed by atoms with Gasteiger partial charge in [0.25, 0.3) is 0 Å². The second-order valence-corrected chi connectivity index (χ2v) is 5.92. The molecule has 0 atom stereocenters. The molecule has 5 nitrogen and oxygen atoms in total. The number of amides is 1. The van der Waals surface area contributed by atoms with Crippen molar-refractivity contribution in [3.8, 4) is 0 Å². The predicted molar refractivity (Wildman–Crippen MR) is 87.2 cm³/mol. The molecule has 1 heterocycles. The van der Waals surface area contributed by atoms with Crippen LogP contribution in [-0.4, -0.2) is 28.8 Å². The zero-order chi connectivity index (χ0) is 17.0. The first kappa shape index (κ1) is 16.9. The lowest BCUT2D eigenvalue weighted by molar-refractivity contribution is -0.130. The van der Waals surface area contributed by atoms with E-state index in [0.717, 1.165) is 11.1 Å². The van der Waals surface area contributed by atoms with E-state index < -0.39 is 0 Å². The maximum atomic E-state index is 12.3. The van der Waals surface area contributed by atoms with E-state index >= 15 is 0 Å². The third-order valence-electron chi connectivity index (χ3n) is 3.76. The number of aryl methyl sites for hydroxylation is 3. The second kappa shape index (κ2) is 7.22. The van der Waals surface area contributed by atoms with E-state index in [1.54, 1.807) is 24.9 Å². The van der Waals surface area contributed by atoms with E-state index in [4.69, 9.17) is 4.52 Å². The van der Waals surface area contributed by atoms with E-state index in [0.29, 0.717) is 23.6 Å². The fraction of sp³-hybridized carbons (Fsp3) is 0.389. The van der Waals surface area contributed by atoms with Crippen molar-refractivity contribution in [3.05, 3.63) is 52.4 Å². The molecule has 0 N–H and O–H groups in total. The van der Waals surface area contributed by atoms with Crippen molar-refractivity contribution in [2.24, 2.45) is 0 Å². The predicted octanol–water partition coefficient (Wildman–Crippen LogP) is 3.22. The van der Waals surface area contributed by atoms with Gasteiger partial charge < -0.3 is 9.42 Å². The van der Waals surface area contributed by atoms with E-state index in [1.165, 1.54) is 0 Å². The van der Waals surface area contributed by atoms with E-state index in [9.17, 15) is 9.59 Å². The van der Waals surface area contributed by atoms with Gasteiger partial charge in [-0.25, -0.2) is 0 Å². The molecule has 5 heteroatoms. The van der Waals surface area contributed by atoms with Crippen molar-refractivity contribution in [1.29, 1.82) is 0 Å². The summed E-state index contributed by atoms with van der Waals surface area (Å²) in [6.07, 6.45) is 0.408. The minimum Gasteiger partial charge on any atom is -0.361 e. The molecule has 1 aromatic heterocycles. The van der Waals surface area contributed by atoms with Crippen LogP contribution >= 0.6 is 0 Å². The molecular formula is C18H22N2O3. The van der Waals surface area contributed by atoms with Crippen LogP contribution in [0.15, 0.2) is 28.8 Å². The van der Waals surface area contributed by atoms with Gasteiger partial charge in [-0.2, -0.15) is 0 Å². The molecule has 0 saturated heterocycles. The number of rotatable bonds is 6. The van der Waals surface area contributed by atoms with Crippen molar-refractivity contribution in [2.45, 2.75) is 40.2 Å². The first-order valence-electron chi connectivity index (χ1n) is 7.63. The fourth-order valence-electron chi connectivity index (χ4n) is 2.41. The average molecular weight is 314 g/mol. The Morgan fingerprint density at radius 1 is 1.13 bits per heavy atom. The Morgan fingerprint density at radius 2 is 1.87 bits per heavy atom. The zero-order valence-corrected chi connectivity index (χ0v) is 14.0. The van der Waals surface area contributed by atoms with Gasteiger partial charge in [0.05, 0.1) is 6.54 Å². The third-order valence-corrected chi connectivity index (χ3v) is 3.76. The summed E-state index contributed by atoms with van der Waals surface area (Å²) in [4.78, 5) is 26.0. The first-order valence-corrected chi connectivity index (χ1v) is 7.63. The fourth-order valence-corrected chi connectivity index (χ4v) is 2.41. The third kappa shape index (κ3) is 4.52. The summed E-state index contributed by atoms with van der Waals surface area (Å²) in [5.41, 5.74) is 3.40. The van der Waals surface area contributed by atoms with E-state index in [-0.39, 0.29) is 24.5 Å². The van der Waals surface area contributed by atoms with Crippen LogP contribution in [-0.2, 0) is 11.3 Å². The topological polar surface area (TPSA) is 63.4 Å². The summed E-state index contributed by atoms with van der Waals surface area (Å²) < 4.78 is 4.98. The summed E-state index contributed by atoms with van der Waals surface area (Å²) >= 11 is 0. The summed E-state index contributed by atoms with van der Waals surface area (Å²) in [5.74, 6) is 0.639. The SMILES string of the molecule is Cc1ccc(C)c(C(=O)CCC(=O)N(C)Cc2cc(C)on2)c1. The van der Waals surface area contributed by atoms with Crippen molar-refractivity contribution in [1.82, 2.24) is 10.1 Å². The number of ketones is 1. The maximum absolute atomic E-state index is 12.3. The van der Waals surface area contributed by atoms with Gasteiger partial charge in [0.2, 0.25) is 5.91 Å². The van der Waals surface area contributed by atoms with Crippen LogP contribution in [0.3, 0.4) is 0 Å². The summed E-state index contributed by atoms with van der Waals surface area (Å²) in [6.45, 7) is 6.05. The van der Waals surface area contributed by atoms with Crippen LogP contribution in [0.1, 0.15) is 45.8 Å². The molecule has 1 amide bonds. The normalized spacial score (nSPS) is 10.6. The number of benzene rings is 1. The Morgan fingerprint density at radius 3 is 2.52 bits per heavy atom. The minimum atomic E-state index is -0.0793. The molecule has 0 unspecified atom stereocenters. The smallest absolute Gasteiger partial charge is 0.223 e. The molecule has 122 valence electrons. The molecule has 0 radical (unpaired) electrons. The van der Waals surface area contributed by atoms with Crippen molar-refractivity contribution in [3.63, 3.8) is 0 Å². The Labute approximate surface area is 136 Å². The highest BCUT2D eigenvalue weighted by Crippen LogP contribution is 2.14. The van der Waals surface area contributed by atoms with E-state index in [1.807, 2.05) is 32.0 Å². The van der Waals surface area contributed by atoms with Crippen molar-refractivity contribution >= 4 is 11.7 Å². The van der Waals surface area contributed by atoms with Gasteiger partial charge in [0.1, 0.15) is 11.5 Å². The molecule has 2 rings (SSSR count). The summed E-state index contributed by atoms with van der Waals surface area (Å²) in [5, 5.41) is 3.87. The molecule has 0 saturated carbocycles. The molecule has 0 aliphatic heterocycles. The van der Waals surface area contributed by atoms with Crippen LogP contribution in [0.25, 0.3) is 0 Å². The van der Waals surface area contributed by atoms with Gasteiger partial charge in [0, 0.05) is 31.5 Å². The van der Waals surface area contributed by atoms with Gasteiger partial charge in [-0.05, 0) is 32.4 Å². The first-order chi connectivity index (χ1) is 10.9. The molecular weight excluding hydrogens is 292 g/mol.